The molecule has 1 aromatic carbocycles. The van der Waals surface area contributed by atoms with Gasteiger partial charge in [0.25, 0.3) is 0 Å². The van der Waals surface area contributed by atoms with Crippen molar-refractivity contribution in [2.75, 3.05) is 13.2 Å². The lowest BCUT2D eigenvalue weighted by Gasteiger charge is -2.40. The maximum Gasteiger partial charge on any atom is 0.326 e. The summed E-state index contributed by atoms with van der Waals surface area (Å²) in [6.45, 7) is 3.65. The first-order valence-corrected chi connectivity index (χ1v) is 7.75. The third-order valence-electron chi connectivity index (χ3n) is 3.96. The highest BCUT2D eigenvalue weighted by atomic mass is 16.6. The minimum atomic E-state index is -1.55. The fraction of sp³-hybridized carbons (Fsp3) is 0.471. The molecule has 0 saturated carbocycles. The van der Waals surface area contributed by atoms with Gasteiger partial charge in [0.05, 0.1) is 19.3 Å². The second-order valence-electron chi connectivity index (χ2n) is 5.32. The van der Waals surface area contributed by atoms with E-state index in [1.165, 1.54) is 0 Å². The summed E-state index contributed by atoms with van der Waals surface area (Å²) in [7, 11) is 0. The normalized spacial score (nSPS) is 19.6. The fourth-order valence-electron chi connectivity index (χ4n) is 2.87. The number of ether oxygens (including phenoxy) is 2. The quantitative estimate of drug-likeness (QED) is 0.660. The van der Waals surface area contributed by atoms with Crippen LogP contribution in [-0.4, -0.2) is 31.1 Å². The van der Waals surface area contributed by atoms with Crippen molar-refractivity contribution in [2.45, 2.75) is 32.7 Å². The number of hydrogen-bond acceptors (Lipinski definition) is 5. The van der Waals surface area contributed by atoms with Crippen molar-refractivity contribution in [3.8, 4) is 0 Å². The SMILES string of the molecule is CCOC(=O)C1(C(=O)OCC)CCC(=O)NC1c1ccccc1. The molecule has 1 aliphatic rings. The molecule has 6 nitrogen and oxygen atoms in total. The molecule has 1 unspecified atom stereocenters. The molecule has 2 rings (SSSR count). The number of carbonyl (C=O) groups excluding carboxylic acids is 3. The molecule has 124 valence electrons. The van der Waals surface area contributed by atoms with E-state index in [9.17, 15) is 14.4 Å². The van der Waals surface area contributed by atoms with Crippen LogP contribution in [0.25, 0.3) is 0 Å². The number of nitrogens with one attached hydrogen (secondary N) is 1. The number of carbonyl (C=O) groups is 3. The Labute approximate surface area is 135 Å². The summed E-state index contributed by atoms with van der Waals surface area (Å²) in [6.07, 6.45) is 0.136. The zero-order valence-electron chi connectivity index (χ0n) is 13.3. The second kappa shape index (κ2) is 7.26. The van der Waals surface area contributed by atoms with Gasteiger partial charge in [-0.2, -0.15) is 0 Å². The lowest BCUT2D eigenvalue weighted by molar-refractivity contribution is -0.177. The molecule has 0 aromatic heterocycles. The predicted octanol–water partition coefficient (Wildman–Crippen LogP) is 1.75. The van der Waals surface area contributed by atoms with E-state index in [-0.39, 0.29) is 32.0 Å². The molecule has 0 aliphatic carbocycles. The molecule has 0 radical (unpaired) electrons. The number of esters is 2. The second-order valence-corrected chi connectivity index (χ2v) is 5.32. The van der Waals surface area contributed by atoms with Gasteiger partial charge in [0, 0.05) is 6.42 Å². The van der Waals surface area contributed by atoms with Crippen molar-refractivity contribution >= 4 is 17.8 Å². The Balaban J connectivity index is 2.52. The number of rotatable bonds is 5. The third kappa shape index (κ3) is 3.21. The molecule has 0 spiro atoms. The molecule has 1 amide bonds. The summed E-state index contributed by atoms with van der Waals surface area (Å²) in [6, 6.07) is 8.13. The minimum absolute atomic E-state index is 0.0655. The number of benzene rings is 1. The van der Waals surface area contributed by atoms with Crippen LogP contribution in [0.5, 0.6) is 0 Å². The zero-order chi connectivity index (χ0) is 16.9. The Bertz CT molecular complexity index is 566. The summed E-state index contributed by atoms with van der Waals surface area (Å²) in [5.41, 5.74) is -0.886. The molecule has 1 atom stereocenters. The van der Waals surface area contributed by atoms with Crippen molar-refractivity contribution in [3.63, 3.8) is 0 Å². The Morgan fingerprint density at radius 2 is 1.70 bits per heavy atom. The number of amides is 1. The molecular weight excluding hydrogens is 298 g/mol. The largest absolute Gasteiger partial charge is 0.465 e. The van der Waals surface area contributed by atoms with Crippen LogP contribution in [0.3, 0.4) is 0 Å². The van der Waals surface area contributed by atoms with Crippen LogP contribution in [0.15, 0.2) is 30.3 Å². The van der Waals surface area contributed by atoms with Crippen LogP contribution in [-0.2, 0) is 23.9 Å². The first-order valence-electron chi connectivity index (χ1n) is 7.75. The van der Waals surface area contributed by atoms with Crippen molar-refractivity contribution < 1.29 is 23.9 Å². The maximum absolute atomic E-state index is 12.7. The molecule has 1 aromatic rings. The van der Waals surface area contributed by atoms with Crippen LogP contribution in [0, 0.1) is 5.41 Å². The van der Waals surface area contributed by atoms with Crippen LogP contribution < -0.4 is 5.32 Å². The van der Waals surface area contributed by atoms with Gasteiger partial charge in [-0.1, -0.05) is 30.3 Å². The van der Waals surface area contributed by atoms with Crippen LogP contribution in [0.2, 0.25) is 0 Å². The third-order valence-corrected chi connectivity index (χ3v) is 3.96. The molecule has 1 heterocycles. The van der Waals surface area contributed by atoms with Gasteiger partial charge in [0.1, 0.15) is 0 Å². The Morgan fingerprint density at radius 3 is 2.22 bits per heavy atom. The number of piperidine rings is 1. The molecule has 0 bridgehead atoms. The minimum Gasteiger partial charge on any atom is -0.465 e. The average Bonchev–Trinajstić information content (AvgIpc) is 2.56. The van der Waals surface area contributed by atoms with E-state index >= 15 is 0 Å². The molecule has 1 fully saturated rings. The van der Waals surface area contributed by atoms with E-state index in [2.05, 4.69) is 5.32 Å². The summed E-state index contributed by atoms with van der Waals surface area (Å²) in [5, 5.41) is 2.76. The average molecular weight is 319 g/mol. The Kier molecular flexibility index (Phi) is 5.36. The lowest BCUT2D eigenvalue weighted by atomic mass is 9.71. The maximum atomic E-state index is 12.7. The van der Waals surface area contributed by atoms with E-state index in [0.717, 1.165) is 0 Å². The molecule has 1 aliphatic heterocycles. The van der Waals surface area contributed by atoms with Crippen LogP contribution >= 0.6 is 0 Å². The zero-order valence-corrected chi connectivity index (χ0v) is 13.3. The highest BCUT2D eigenvalue weighted by Crippen LogP contribution is 2.43. The molecule has 1 N–H and O–H groups in total. The first kappa shape index (κ1) is 17.0. The van der Waals surface area contributed by atoms with Gasteiger partial charge in [-0.3, -0.25) is 14.4 Å². The van der Waals surface area contributed by atoms with E-state index in [0.29, 0.717) is 5.56 Å². The summed E-state index contributed by atoms with van der Waals surface area (Å²) >= 11 is 0. The Morgan fingerprint density at radius 1 is 1.13 bits per heavy atom. The molecular formula is C17H21NO5. The van der Waals surface area contributed by atoms with Gasteiger partial charge in [0.15, 0.2) is 5.41 Å². The van der Waals surface area contributed by atoms with Crippen LogP contribution in [0.1, 0.15) is 38.3 Å². The molecule has 6 heteroatoms. The summed E-state index contributed by atoms with van der Waals surface area (Å²) in [5.74, 6) is -1.53. The van der Waals surface area contributed by atoms with Gasteiger partial charge in [-0.25, -0.2) is 0 Å². The van der Waals surface area contributed by atoms with Gasteiger partial charge in [-0.15, -0.1) is 0 Å². The number of hydrogen-bond donors (Lipinski definition) is 1. The van der Waals surface area contributed by atoms with Gasteiger partial charge in [0.2, 0.25) is 5.91 Å². The molecule has 23 heavy (non-hydrogen) atoms. The summed E-state index contributed by atoms with van der Waals surface area (Å²) < 4.78 is 10.3. The predicted molar refractivity (Wildman–Crippen MR) is 82.3 cm³/mol. The molecule has 1 saturated heterocycles. The van der Waals surface area contributed by atoms with Gasteiger partial charge in [-0.05, 0) is 25.8 Å². The van der Waals surface area contributed by atoms with Crippen molar-refractivity contribution in [1.29, 1.82) is 0 Å². The monoisotopic (exact) mass is 319 g/mol. The van der Waals surface area contributed by atoms with E-state index < -0.39 is 23.4 Å². The Hall–Kier alpha value is -2.37. The highest BCUT2D eigenvalue weighted by molar-refractivity contribution is 6.03. The van der Waals surface area contributed by atoms with Crippen molar-refractivity contribution in [3.05, 3.63) is 35.9 Å². The van der Waals surface area contributed by atoms with Crippen molar-refractivity contribution in [2.24, 2.45) is 5.41 Å². The van der Waals surface area contributed by atoms with Gasteiger partial charge >= 0.3 is 11.9 Å². The smallest absolute Gasteiger partial charge is 0.326 e. The van der Waals surface area contributed by atoms with Crippen LogP contribution in [0.4, 0.5) is 0 Å². The first-order chi connectivity index (χ1) is 11.1. The van der Waals surface area contributed by atoms with E-state index in [1.807, 2.05) is 6.07 Å². The summed E-state index contributed by atoms with van der Waals surface area (Å²) in [4.78, 5) is 37.2. The fourth-order valence-corrected chi connectivity index (χ4v) is 2.87. The highest BCUT2D eigenvalue weighted by Gasteiger charge is 2.58. The standard InChI is InChI=1S/C17H21NO5/c1-3-22-15(20)17(16(21)23-4-2)11-10-13(19)18-14(17)12-8-6-5-7-9-12/h5-9,14H,3-4,10-11H2,1-2H3,(H,18,19). The topological polar surface area (TPSA) is 81.7 Å². The van der Waals surface area contributed by atoms with Crippen molar-refractivity contribution in [1.82, 2.24) is 5.32 Å². The van der Waals surface area contributed by atoms with E-state index in [1.54, 1.807) is 38.1 Å². The van der Waals surface area contributed by atoms with Gasteiger partial charge < -0.3 is 14.8 Å². The lowest BCUT2D eigenvalue weighted by Crippen LogP contribution is -2.56. The van der Waals surface area contributed by atoms with E-state index in [4.69, 9.17) is 9.47 Å².